The summed E-state index contributed by atoms with van der Waals surface area (Å²) < 4.78 is 56.1. The molecule has 71 heavy (non-hydrogen) atoms. The van der Waals surface area contributed by atoms with E-state index >= 15 is 14.4 Å². The summed E-state index contributed by atoms with van der Waals surface area (Å²) in [5.41, 5.74) is -6.44. The molecule has 2 heterocycles. The molecule has 1 aromatic heterocycles. The normalized spacial score (nSPS) is 30.2. The van der Waals surface area contributed by atoms with Gasteiger partial charge in [-0.25, -0.2) is 14.4 Å². The maximum atomic E-state index is 15.8. The molecule has 17 heteroatoms. The average molecular weight is 1010 g/mol. The lowest BCUT2D eigenvalue weighted by Gasteiger charge is -2.68. The number of ether oxygens (including phenoxy) is 7. The molecule has 394 valence electrons. The van der Waals surface area contributed by atoms with Gasteiger partial charge in [0.25, 0.3) is 0 Å². The van der Waals surface area contributed by atoms with Crippen LogP contribution >= 0.6 is 0 Å². The summed E-state index contributed by atoms with van der Waals surface area (Å²) in [6.45, 7) is 29.6. The molecular weight excluding hydrogens is 931 g/mol. The smallest absolute Gasteiger partial charge is 0.408 e. The van der Waals surface area contributed by atoms with Crippen molar-refractivity contribution in [2.45, 2.75) is 188 Å². The van der Waals surface area contributed by atoms with Crippen LogP contribution in [0.4, 0.5) is 4.79 Å². The first kappa shape index (κ1) is 55.6. The van der Waals surface area contributed by atoms with E-state index in [0.717, 1.165) is 0 Å². The van der Waals surface area contributed by atoms with Crippen molar-refractivity contribution >= 4 is 38.1 Å². The summed E-state index contributed by atoms with van der Waals surface area (Å²) in [6, 6.07) is 6.66. The van der Waals surface area contributed by atoms with E-state index in [-0.39, 0.29) is 52.5 Å². The molecule has 1 aromatic carbocycles. The third-order valence-electron chi connectivity index (χ3n) is 16.7. The number of benzene rings is 1. The molecule has 1 saturated heterocycles. The number of alkyl carbamates (subject to hydrolysis) is 1. The highest BCUT2D eigenvalue weighted by Crippen LogP contribution is 2.66. The molecule has 2 bridgehead atoms. The van der Waals surface area contributed by atoms with Crippen LogP contribution < -0.4 is 14.8 Å². The lowest BCUT2D eigenvalue weighted by Crippen LogP contribution is -2.80. The fraction of sp³-hybridized carbons (Fsp3) is 0.685. The fourth-order valence-electron chi connectivity index (χ4n) is 13.2. The Hall–Kier alpha value is -4.71. The predicted octanol–water partition coefficient (Wildman–Crippen LogP) is 9.62. The van der Waals surface area contributed by atoms with Crippen LogP contribution in [0.2, 0.25) is 16.6 Å². The van der Waals surface area contributed by atoms with Crippen molar-refractivity contribution in [1.29, 1.82) is 0 Å². The number of ketones is 1. The zero-order valence-electron chi connectivity index (χ0n) is 45.1. The Balaban J connectivity index is 1.59. The molecule has 2 aromatic rings. The molecule has 0 spiro atoms. The Bertz CT molecular complexity index is 2350. The number of rotatable bonds is 15. The van der Waals surface area contributed by atoms with Gasteiger partial charge >= 0.3 is 24.0 Å². The minimum atomic E-state index is -3.02. The van der Waals surface area contributed by atoms with Gasteiger partial charge < -0.3 is 52.4 Å². The van der Waals surface area contributed by atoms with E-state index in [1.54, 1.807) is 79.7 Å². The minimum absolute atomic E-state index is 0.0233. The Morgan fingerprint density at radius 1 is 0.930 bits per heavy atom. The number of aliphatic hydroxyl groups is 1. The first-order valence-corrected chi connectivity index (χ1v) is 27.2. The van der Waals surface area contributed by atoms with Crippen LogP contribution in [0.15, 0.2) is 52.2 Å². The number of hydrogen-bond acceptors (Lipinski definition) is 15. The third kappa shape index (κ3) is 9.46. The largest absolute Gasteiger partial charge is 0.497 e. The summed E-state index contributed by atoms with van der Waals surface area (Å²) in [6.07, 6.45) is -4.52. The number of carbonyl (C=O) groups is 5. The summed E-state index contributed by atoms with van der Waals surface area (Å²) in [4.78, 5) is 73.6. The summed E-state index contributed by atoms with van der Waals surface area (Å²) in [5, 5.41) is 17.1. The molecule has 2 N–H and O–H groups in total. The van der Waals surface area contributed by atoms with E-state index in [1.165, 1.54) is 33.5 Å². The lowest BCUT2D eigenvalue weighted by molar-refractivity contribution is -0.339. The van der Waals surface area contributed by atoms with Crippen LogP contribution in [0.25, 0.3) is 0 Å². The van der Waals surface area contributed by atoms with Gasteiger partial charge in [0.2, 0.25) is 8.32 Å². The Kier molecular flexibility index (Phi) is 15.6. The Morgan fingerprint density at radius 3 is 2.07 bits per heavy atom. The van der Waals surface area contributed by atoms with Crippen molar-refractivity contribution in [2.75, 3.05) is 20.8 Å². The molecule has 3 aliphatic carbocycles. The number of amides is 1. The van der Waals surface area contributed by atoms with Crippen LogP contribution in [-0.4, -0.2) is 105 Å². The molecule has 4 aliphatic rings. The van der Waals surface area contributed by atoms with Crippen LogP contribution in [-0.2, 0) is 42.5 Å². The van der Waals surface area contributed by atoms with Gasteiger partial charge in [-0.1, -0.05) is 76.2 Å². The fourth-order valence-corrected chi connectivity index (χ4v) is 18.7. The molecule has 0 unspecified atom stereocenters. The molecule has 2 saturated carbocycles. The molecule has 0 radical (unpaired) electrons. The number of Topliss-reactive ketones (excluding diaryl/α,β-unsaturated/α-hetero) is 1. The van der Waals surface area contributed by atoms with Crippen LogP contribution in [0, 0.1) is 28.6 Å². The first-order valence-electron chi connectivity index (χ1n) is 25.0. The average Bonchev–Trinajstić information content (AvgIpc) is 3.81. The van der Waals surface area contributed by atoms with Gasteiger partial charge in [0, 0.05) is 30.1 Å². The minimum Gasteiger partial charge on any atom is -0.497 e. The highest BCUT2D eigenvalue weighted by molar-refractivity contribution is 6.77. The van der Waals surface area contributed by atoms with Crippen molar-refractivity contribution in [3.8, 4) is 11.5 Å². The van der Waals surface area contributed by atoms with E-state index < -0.39 is 108 Å². The Morgan fingerprint density at radius 2 is 1.56 bits per heavy atom. The highest BCUT2D eigenvalue weighted by atomic mass is 28.4. The van der Waals surface area contributed by atoms with E-state index in [2.05, 4.69) is 46.9 Å². The third-order valence-corrected chi connectivity index (χ3v) is 22.7. The van der Waals surface area contributed by atoms with Crippen molar-refractivity contribution in [2.24, 2.45) is 28.6 Å². The molecule has 16 nitrogen and oxygen atoms in total. The van der Waals surface area contributed by atoms with Crippen LogP contribution in [0.3, 0.4) is 0 Å². The van der Waals surface area contributed by atoms with Gasteiger partial charge in [0.15, 0.2) is 11.7 Å². The number of esters is 3. The van der Waals surface area contributed by atoms with Crippen molar-refractivity contribution in [1.82, 2.24) is 5.32 Å². The zero-order valence-corrected chi connectivity index (χ0v) is 46.1. The number of hydrogen-bond donors (Lipinski definition) is 2. The summed E-state index contributed by atoms with van der Waals surface area (Å²) in [5.74, 6) is -4.48. The van der Waals surface area contributed by atoms with E-state index in [1.807, 2.05) is 6.92 Å². The SMILES string of the molecule is COc1ccc(OC)c(C(=O)O[C@H]2[C@@H]3[C@]4(OC(C)=O)CO[C@@H]4C[C@H](C)[C@@]3(C)C(=O)[C@H](C)C3=C(C)[C@@H](OC(=O)[C@H](O[Si](C(C)C)(C(C)C)C(C)C)[C@@H](NC(=O)OC(C)(C)C)c4ccco4)C[C@]2(O)C3(C)C)c1. The lowest BCUT2D eigenvalue weighted by atomic mass is 9.42. The van der Waals surface area contributed by atoms with Gasteiger partial charge in [0.1, 0.15) is 64.2 Å². The van der Waals surface area contributed by atoms with Crippen LogP contribution in [0.1, 0.15) is 146 Å². The second-order valence-electron chi connectivity index (χ2n) is 23.0. The summed E-state index contributed by atoms with van der Waals surface area (Å²) >= 11 is 0. The van der Waals surface area contributed by atoms with Crippen molar-refractivity contribution in [3.05, 3.63) is 59.1 Å². The maximum absolute atomic E-state index is 15.8. The molecule has 1 amide bonds. The van der Waals surface area contributed by atoms with Crippen molar-refractivity contribution in [3.63, 3.8) is 0 Å². The monoisotopic (exact) mass is 1010 g/mol. The number of nitrogens with one attached hydrogen (secondary N) is 1. The predicted molar refractivity (Wildman–Crippen MR) is 265 cm³/mol. The van der Waals surface area contributed by atoms with Crippen molar-refractivity contribution < 1.29 is 71.1 Å². The molecule has 3 fully saturated rings. The first-order chi connectivity index (χ1) is 32.9. The quantitative estimate of drug-likeness (QED) is 0.0738. The van der Waals surface area contributed by atoms with Gasteiger partial charge in [-0.3, -0.25) is 9.59 Å². The van der Waals surface area contributed by atoms with Gasteiger partial charge in [0.05, 0.1) is 33.0 Å². The van der Waals surface area contributed by atoms with Gasteiger partial charge in [-0.2, -0.15) is 0 Å². The number of furan rings is 1. The second-order valence-corrected chi connectivity index (χ2v) is 28.4. The van der Waals surface area contributed by atoms with Gasteiger partial charge in [-0.05, 0) is 98.1 Å². The zero-order chi connectivity index (χ0) is 53.1. The highest BCUT2D eigenvalue weighted by Gasteiger charge is 2.77. The summed E-state index contributed by atoms with van der Waals surface area (Å²) in [7, 11) is -0.157. The standard InChI is InChI=1S/C54H79NO15Si/c1-28(2)71(29(3)4,30(5)6)70-43(42(38-20-19-23-64-38)55-49(60)69-50(11,12)13)48(59)66-39-26-54(61)46(67-47(58)36-25-35(62-17)21-22-37(36)63-18)44-52(16,45(57)33(9)41(32(39)8)51(54,14)15)31(7)24-40-53(44,27-65-40)68-34(10)56/h19-23,25,28-31,33,39-40,42-44,46,61H,24,26-27H2,1-18H3,(H,55,60)/t31-,33+,39-,40+,42-,43+,44-,46-,52+,53-,54+/m0/s1. The molecule has 1 aliphatic heterocycles. The van der Waals surface area contributed by atoms with E-state index in [0.29, 0.717) is 23.3 Å². The second kappa shape index (κ2) is 20.0. The number of methoxy groups -OCH3 is 2. The van der Waals surface area contributed by atoms with Crippen LogP contribution in [0.5, 0.6) is 11.5 Å². The number of carbonyl (C=O) groups excluding carboxylic acids is 5. The van der Waals surface area contributed by atoms with E-state index in [4.69, 9.17) is 42.0 Å². The molecule has 11 atom stereocenters. The topological polar surface area (TPSA) is 205 Å². The molecular formula is C54H79NO15Si. The molecule has 6 rings (SSSR count). The maximum Gasteiger partial charge on any atom is 0.408 e. The van der Waals surface area contributed by atoms with E-state index in [9.17, 15) is 14.7 Å². The number of fused-ring (bicyclic) bond motifs is 5. The van der Waals surface area contributed by atoms with Gasteiger partial charge in [-0.15, -0.1) is 0 Å². The Labute approximate surface area is 420 Å².